The van der Waals surface area contributed by atoms with Crippen molar-refractivity contribution in [2.75, 3.05) is 0 Å². The maximum absolute atomic E-state index is 6.11. The van der Waals surface area contributed by atoms with Crippen LogP contribution in [-0.4, -0.2) is 14.8 Å². The topological polar surface area (TPSA) is 56.7 Å². The molecule has 4 nitrogen and oxygen atoms in total. The number of unbranched alkanes of at least 4 members (excludes halogenated alkanes) is 1. The molecule has 1 rings (SSSR count). The number of hydrogen-bond donors (Lipinski definition) is 1. The Morgan fingerprint density at radius 2 is 2.00 bits per heavy atom. The molecule has 2 N–H and O–H groups in total. The van der Waals surface area contributed by atoms with Crippen LogP contribution >= 0.6 is 0 Å². The lowest BCUT2D eigenvalue weighted by Gasteiger charge is -2.16. The van der Waals surface area contributed by atoms with Crippen LogP contribution in [0.15, 0.2) is 0 Å². The van der Waals surface area contributed by atoms with E-state index in [1.54, 1.807) is 0 Å². The molecule has 0 bridgehead atoms. The molecule has 4 heteroatoms. The Hall–Kier alpha value is -0.900. The fourth-order valence-corrected chi connectivity index (χ4v) is 1.83. The minimum absolute atomic E-state index is 0.0218. The summed E-state index contributed by atoms with van der Waals surface area (Å²) in [7, 11) is 0. The van der Waals surface area contributed by atoms with E-state index in [2.05, 4.69) is 35.5 Å². The normalized spacial score (nSPS) is 13.5. The Balaban J connectivity index is 2.83. The van der Waals surface area contributed by atoms with E-state index in [9.17, 15) is 0 Å². The van der Waals surface area contributed by atoms with Gasteiger partial charge in [-0.25, -0.2) is 0 Å². The maximum Gasteiger partial charge on any atom is 0.150 e. The molecule has 1 heterocycles. The van der Waals surface area contributed by atoms with E-state index in [1.165, 1.54) is 6.42 Å². The molecular weight excluding hydrogens is 188 g/mol. The van der Waals surface area contributed by atoms with Crippen LogP contribution in [0.25, 0.3) is 0 Å². The number of aromatic nitrogens is 3. The average Bonchev–Trinajstić information content (AvgIpc) is 2.56. The molecular formula is C11H22N4. The molecule has 1 atom stereocenters. The lowest BCUT2D eigenvalue weighted by molar-refractivity contribution is 0.495. The number of nitrogens with zero attached hydrogens (tertiary/aromatic N) is 3. The van der Waals surface area contributed by atoms with Crippen molar-refractivity contribution in [1.29, 1.82) is 0 Å². The Morgan fingerprint density at radius 3 is 2.53 bits per heavy atom. The third kappa shape index (κ3) is 2.78. The summed E-state index contributed by atoms with van der Waals surface area (Å²) < 4.78 is 2.13. The number of nitrogens with two attached hydrogens (primary N) is 1. The van der Waals surface area contributed by atoms with Crippen molar-refractivity contribution in [3.05, 3.63) is 11.6 Å². The quantitative estimate of drug-likeness (QED) is 0.811. The first-order chi connectivity index (χ1) is 7.07. The molecule has 1 aromatic rings. The highest BCUT2D eigenvalue weighted by molar-refractivity contribution is 5.00. The first-order valence-corrected chi connectivity index (χ1v) is 5.74. The summed E-state index contributed by atoms with van der Waals surface area (Å²) >= 11 is 0. The standard InChI is InChI=1S/C11H22N4/c1-5-6-7-10(12)11-14-13-9(4)15(11)8(2)3/h8,10H,5-7,12H2,1-4H3/t10-/m0/s1. The Morgan fingerprint density at radius 1 is 1.33 bits per heavy atom. The minimum atomic E-state index is 0.0218. The van der Waals surface area contributed by atoms with Gasteiger partial charge in [-0.3, -0.25) is 0 Å². The third-order valence-electron chi connectivity index (χ3n) is 2.61. The maximum atomic E-state index is 6.11. The van der Waals surface area contributed by atoms with Gasteiger partial charge < -0.3 is 10.3 Å². The van der Waals surface area contributed by atoms with E-state index in [-0.39, 0.29) is 6.04 Å². The largest absolute Gasteiger partial charge is 0.321 e. The van der Waals surface area contributed by atoms with Crippen LogP contribution in [-0.2, 0) is 0 Å². The van der Waals surface area contributed by atoms with Crippen LogP contribution in [0.4, 0.5) is 0 Å². The zero-order valence-corrected chi connectivity index (χ0v) is 10.2. The summed E-state index contributed by atoms with van der Waals surface area (Å²) in [5.41, 5.74) is 6.11. The van der Waals surface area contributed by atoms with Crippen molar-refractivity contribution in [2.24, 2.45) is 5.73 Å². The number of hydrogen-bond acceptors (Lipinski definition) is 3. The molecule has 0 unspecified atom stereocenters. The molecule has 0 amide bonds. The van der Waals surface area contributed by atoms with Crippen molar-refractivity contribution in [3.8, 4) is 0 Å². The van der Waals surface area contributed by atoms with Gasteiger partial charge in [0.15, 0.2) is 0 Å². The highest BCUT2D eigenvalue weighted by Gasteiger charge is 2.17. The van der Waals surface area contributed by atoms with E-state index in [1.807, 2.05) is 6.92 Å². The third-order valence-corrected chi connectivity index (χ3v) is 2.61. The predicted molar refractivity (Wildman–Crippen MR) is 61.6 cm³/mol. The van der Waals surface area contributed by atoms with E-state index in [0.29, 0.717) is 6.04 Å². The number of rotatable bonds is 5. The summed E-state index contributed by atoms with van der Waals surface area (Å²) in [5.74, 6) is 1.88. The molecule has 0 saturated heterocycles. The summed E-state index contributed by atoms with van der Waals surface area (Å²) in [6.07, 6.45) is 3.30. The second-order valence-corrected chi connectivity index (χ2v) is 4.32. The van der Waals surface area contributed by atoms with Crippen LogP contribution in [0.1, 0.15) is 63.8 Å². The summed E-state index contributed by atoms with van der Waals surface area (Å²) in [5, 5.41) is 8.28. The molecule has 0 fully saturated rings. The van der Waals surface area contributed by atoms with Gasteiger partial charge in [-0.15, -0.1) is 10.2 Å². The molecule has 0 spiro atoms. The smallest absolute Gasteiger partial charge is 0.150 e. The van der Waals surface area contributed by atoms with Crippen LogP contribution in [0.5, 0.6) is 0 Å². The minimum Gasteiger partial charge on any atom is -0.321 e. The monoisotopic (exact) mass is 210 g/mol. The van der Waals surface area contributed by atoms with Crippen molar-refractivity contribution >= 4 is 0 Å². The second-order valence-electron chi connectivity index (χ2n) is 4.32. The molecule has 0 aliphatic carbocycles. The van der Waals surface area contributed by atoms with Crippen molar-refractivity contribution in [1.82, 2.24) is 14.8 Å². The molecule has 0 saturated carbocycles. The van der Waals surface area contributed by atoms with Crippen LogP contribution in [0, 0.1) is 6.92 Å². The van der Waals surface area contributed by atoms with E-state index < -0.39 is 0 Å². The highest BCUT2D eigenvalue weighted by atomic mass is 15.3. The Bertz CT molecular complexity index is 304. The van der Waals surface area contributed by atoms with Gasteiger partial charge in [0.05, 0.1) is 6.04 Å². The summed E-state index contributed by atoms with van der Waals surface area (Å²) in [6, 6.07) is 0.399. The van der Waals surface area contributed by atoms with Gasteiger partial charge in [0, 0.05) is 6.04 Å². The van der Waals surface area contributed by atoms with Gasteiger partial charge >= 0.3 is 0 Å². The average molecular weight is 210 g/mol. The van der Waals surface area contributed by atoms with Crippen LogP contribution < -0.4 is 5.73 Å². The van der Waals surface area contributed by atoms with E-state index in [4.69, 9.17) is 5.73 Å². The predicted octanol–water partition coefficient (Wildman–Crippen LogP) is 2.36. The van der Waals surface area contributed by atoms with Crippen LogP contribution in [0.3, 0.4) is 0 Å². The molecule has 0 aliphatic rings. The van der Waals surface area contributed by atoms with Gasteiger partial charge in [0.2, 0.25) is 0 Å². The fourth-order valence-electron chi connectivity index (χ4n) is 1.83. The lowest BCUT2D eigenvalue weighted by Crippen LogP contribution is -2.18. The van der Waals surface area contributed by atoms with Gasteiger partial charge in [-0.1, -0.05) is 19.8 Å². The highest BCUT2D eigenvalue weighted by Crippen LogP contribution is 2.19. The molecule has 0 radical (unpaired) electrons. The second kappa shape index (κ2) is 5.26. The zero-order valence-electron chi connectivity index (χ0n) is 10.2. The Labute approximate surface area is 91.9 Å². The van der Waals surface area contributed by atoms with Crippen LogP contribution in [0.2, 0.25) is 0 Å². The van der Waals surface area contributed by atoms with Crippen molar-refractivity contribution < 1.29 is 0 Å². The van der Waals surface area contributed by atoms with E-state index >= 15 is 0 Å². The molecule has 86 valence electrons. The molecule has 0 aliphatic heterocycles. The SMILES string of the molecule is CCCC[C@H](N)c1nnc(C)n1C(C)C. The fraction of sp³-hybridized carbons (Fsp3) is 0.818. The van der Waals surface area contributed by atoms with Gasteiger partial charge in [-0.2, -0.15) is 0 Å². The van der Waals surface area contributed by atoms with Crippen molar-refractivity contribution in [3.63, 3.8) is 0 Å². The molecule has 15 heavy (non-hydrogen) atoms. The zero-order chi connectivity index (χ0) is 11.4. The lowest BCUT2D eigenvalue weighted by atomic mass is 10.1. The summed E-state index contributed by atoms with van der Waals surface area (Å²) in [6.45, 7) is 8.41. The van der Waals surface area contributed by atoms with Gasteiger partial charge in [-0.05, 0) is 27.2 Å². The molecule has 1 aromatic heterocycles. The van der Waals surface area contributed by atoms with Crippen molar-refractivity contribution in [2.45, 2.75) is 59.0 Å². The first-order valence-electron chi connectivity index (χ1n) is 5.74. The summed E-state index contributed by atoms with van der Waals surface area (Å²) in [4.78, 5) is 0. The Kier molecular flexibility index (Phi) is 4.27. The van der Waals surface area contributed by atoms with E-state index in [0.717, 1.165) is 24.5 Å². The molecule has 0 aromatic carbocycles. The van der Waals surface area contributed by atoms with Gasteiger partial charge in [0.1, 0.15) is 11.6 Å². The first kappa shape index (κ1) is 12.2. The number of aryl methyl sites for hydroxylation is 1. The van der Waals surface area contributed by atoms with Gasteiger partial charge in [0.25, 0.3) is 0 Å².